The van der Waals surface area contributed by atoms with Gasteiger partial charge in [0.05, 0.1) is 35.9 Å². The van der Waals surface area contributed by atoms with E-state index in [4.69, 9.17) is 9.47 Å². The molecular weight excluding hydrogens is 650 g/mol. The van der Waals surface area contributed by atoms with E-state index in [1.54, 1.807) is 18.2 Å². The van der Waals surface area contributed by atoms with Gasteiger partial charge in [0, 0.05) is 23.2 Å². The molecule has 1 spiro atoms. The Bertz CT molecular complexity index is 1750. The van der Waals surface area contributed by atoms with Crippen molar-refractivity contribution in [1.82, 2.24) is 19.8 Å². The maximum Gasteiger partial charge on any atom is 0.264 e. The van der Waals surface area contributed by atoms with Gasteiger partial charge in [0.2, 0.25) is 11.8 Å². The van der Waals surface area contributed by atoms with Gasteiger partial charge in [0.15, 0.2) is 0 Å². The van der Waals surface area contributed by atoms with Crippen molar-refractivity contribution in [2.24, 2.45) is 11.3 Å². The number of nitrogens with one attached hydrogen (secondary N) is 1. The Morgan fingerprint density at radius 3 is 2.29 bits per heavy atom. The summed E-state index contributed by atoms with van der Waals surface area (Å²) in [6.07, 6.45) is 4.87. The van der Waals surface area contributed by atoms with Crippen molar-refractivity contribution < 1.29 is 22.7 Å². The number of hydrogen-bond donors (Lipinski definition) is 1. The minimum atomic E-state index is -4.11. The molecule has 258 valence electrons. The number of fused-ring (bicyclic) bond motifs is 4. The molecule has 0 radical (unpaired) electrons. The Morgan fingerprint density at radius 1 is 0.958 bits per heavy atom. The normalized spacial score (nSPS) is 22.6. The number of nitrogens with zero attached hydrogens (tertiary/aromatic N) is 4. The predicted octanol–water partition coefficient (Wildman–Crippen LogP) is 5.88. The third-order valence-electron chi connectivity index (χ3n) is 10.6. The van der Waals surface area contributed by atoms with Crippen LogP contribution in [0.3, 0.4) is 0 Å². The van der Waals surface area contributed by atoms with E-state index in [1.807, 2.05) is 36.9 Å². The zero-order valence-corrected chi connectivity index (χ0v) is 29.8. The fourth-order valence-corrected chi connectivity index (χ4v) is 8.96. The number of anilines is 1. The van der Waals surface area contributed by atoms with Crippen molar-refractivity contribution in [3.8, 4) is 17.1 Å². The summed E-state index contributed by atoms with van der Waals surface area (Å²) in [5.74, 6) is 0.332. The van der Waals surface area contributed by atoms with Crippen molar-refractivity contribution in [2.45, 2.75) is 82.8 Å². The van der Waals surface area contributed by atoms with Crippen LogP contribution in [0.5, 0.6) is 5.88 Å². The van der Waals surface area contributed by atoms with Crippen LogP contribution >= 0.6 is 12.4 Å². The molecule has 1 saturated carbocycles. The fourth-order valence-electron chi connectivity index (χ4n) is 7.98. The maximum absolute atomic E-state index is 14.5. The molecule has 12 heteroatoms. The monoisotopic (exact) mass is 695 g/mol. The van der Waals surface area contributed by atoms with Gasteiger partial charge in [-0.15, -0.1) is 12.4 Å². The average Bonchev–Trinajstić information content (AvgIpc) is 2.98. The van der Waals surface area contributed by atoms with E-state index < -0.39 is 10.0 Å². The van der Waals surface area contributed by atoms with Crippen LogP contribution in [0.4, 0.5) is 5.95 Å². The van der Waals surface area contributed by atoms with Crippen LogP contribution in [0, 0.1) is 25.2 Å². The molecule has 4 bridgehead atoms. The molecule has 1 N–H and O–H groups in total. The molecule has 3 aromatic rings. The molecule has 2 aromatic carbocycles. The minimum Gasteiger partial charge on any atom is -0.475 e. The van der Waals surface area contributed by atoms with Crippen LogP contribution < -0.4 is 9.46 Å². The van der Waals surface area contributed by atoms with Crippen molar-refractivity contribution in [2.75, 3.05) is 37.6 Å². The van der Waals surface area contributed by atoms with Crippen molar-refractivity contribution in [3.63, 3.8) is 0 Å². The summed E-state index contributed by atoms with van der Waals surface area (Å²) in [6.45, 7) is 12.4. The first kappa shape index (κ1) is 34.6. The molecule has 7 rings (SSSR count). The number of likely N-dealkylation sites (tertiary alicyclic amines) is 1. The highest BCUT2D eigenvalue weighted by molar-refractivity contribution is 7.92. The Hall–Kier alpha value is -3.25. The van der Waals surface area contributed by atoms with Gasteiger partial charge in [-0.3, -0.25) is 9.69 Å². The van der Waals surface area contributed by atoms with Crippen molar-refractivity contribution in [3.05, 3.63) is 65.2 Å². The number of hydrogen-bond acceptors (Lipinski definition) is 8. The first-order valence-electron chi connectivity index (χ1n) is 16.9. The highest BCUT2D eigenvalue weighted by Crippen LogP contribution is 2.52. The van der Waals surface area contributed by atoms with Gasteiger partial charge in [-0.2, -0.15) is 4.98 Å². The van der Waals surface area contributed by atoms with Gasteiger partial charge < -0.3 is 14.4 Å². The molecule has 48 heavy (non-hydrogen) atoms. The van der Waals surface area contributed by atoms with Crippen LogP contribution in [0.1, 0.15) is 67.4 Å². The topological polar surface area (TPSA) is 114 Å². The number of halogens is 1. The molecule has 1 atom stereocenters. The van der Waals surface area contributed by atoms with E-state index in [0.29, 0.717) is 23.2 Å². The summed E-state index contributed by atoms with van der Waals surface area (Å²) >= 11 is 0. The van der Waals surface area contributed by atoms with E-state index in [9.17, 15) is 13.2 Å². The summed E-state index contributed by atoms with van der Waals surface area (Å²) in [5, 5.41) is 0. The lowest BCUT2D eigenvalue weighted by Crippen LogP contribution is -2.61. The smallest absolute Gasteiger partial charge is 0.264 e. The number of amides is 1. The fraction of sp³-hybridized carbons (Fsp3) is 0.528. The molecule has 3 aliphatic heterocycles. The third kappa shape index (κ3) is 6.79. The highest BCUT2D eigenvalue weighted by atomic mass is 35.5. The zero-order chi connectivity index (χ0) is 32.9. The first-order valence-corrected chi connectivity index (χ1v) is 18.3. The third-order valence-corrected chi connectivity index (χ3v) is 11.9. The Labute approximate surface area is 290 Å². The van der Waals surface area contributed by atoms with Gasteiger partial charge in [-0.25, -0.2) is 18.1 Å². The molecule has 1 aliphatic carbocycles. The lowest BCUT2D eigenvalue weighted by molar-refractivity contribution is -0.104. The van der Waals surface area contributed by atoms with E-state index in [0.717, 1.165) is 75.1 Å². The summed E-state index contributed by atoms with van der Waals surface area (Å²) in [5.41, 5.74) is 4.07. The van der Waals surface area contributed by atoms with E-state index in [1.165, 1.54) is 12.1 Å². The van der Waals surface area contributed by atoms with Crippen molar-refractivity contribution in [1.29, 1.82) is 0 Å². The molecule has 1 amide bonds. The standard InChI is InChI=1S/C36H45N5O5S.ClH/c1-23(2)15-27-22-46-32-17-31(33-24(3)7-5-8-25(33)4)37-35(38-32)39-47(43,44)30-10-6-9-26(16-30)34(42)41(27)28-18-36(19-28)11-13-40(14-12-36)29-20-45-21-29;/h5-10,16-17,23,27-29H,11-15,18-22H2,1-4H3,(H,37,38,39);1H/t27-;/m1./s1. The van der Waals surface area contributed by atoms with Crippen LogP contribution in [-0.4, -0.2) is 85.1 Å². The Balaban J connectivity index is 0.00000401. The molecule has 10 nitrogen and oxygen atoms in total. The van der Waals surface area contributed by atoms with E-state index in [2.05, 4.69) is 33.4 Å². The molecule has 4 aliphatic rings. The largest absolute Gasteiger partial charge is 0.475 e. The average molecular weight is 696 g/mol. The highest BCUT2D eigenvalue weighted by Gasteiger charge is 2.51. The SMILES string of the molecule is Cc1cccc(C)c1-c1cc2nc(n1)NS(=O)(=O)c1cccc(c1)C(=O)N(C1CC3(CCN(C4COC4)CC3)C1)[C@H](CC(C)C)CO2.Cl. The number of aryl methyl sites for hydroxylation is 2. The summed E-state index contributed by atoms with van der Waals surface area (Å²) < 4.78 is 41.8. The number of carbonyl (C=O) groups excluding carboxylic acids is 1. The predicted molar refractivity (Wildman–Crippen MR) is 187 cm³/mol. The molecule has 3 fully saturated rings. The number of rotatable bonds is 5. The van der Waals surface area contributed by atoms with Crippen molar-refractivity contribution >= 4 is 34.3 Å². The van der Waals surface area contributed by atoms with Crippen LogP contribution in [0.2, 0.25) is 0 Å². The van der Waals surface area contributed by atoms with Gasteiger partial charge in [-0.05, 0) is 99.7 Å². The molecule has 4 heterocycles. The number of ether oxygens (including phenoxy) is 2. The van der Waals surface area contributed by atoms with Crippen LogP contribution in [0.25, 0.3) is 11.3 Å². The van der Waals surface area contributed by atoms with Gasteiger partial charge in [0.25, 0.3) is 15.9 Å². The minimum absolute atomic E-state index is 0. The van der Waals surface area contributed by atoms with Crippen LogP contribution in [0.15, 0.2) is 53.4 Å². The zero-order valence-electron chi connectivity index (χ0n) is 28.1. The molecule has 2 saturated heterocycles. The lowest BCUT2D eigenvalue weighted by Gasteiger charge is -2.57. The van der Waals surface area contributed by atoms with E-state index in [-0.39, 0.29) is 59.1 Å². The molecule has 0 unspecified atom stereocenters. The lowest BCUT2D eigenvalue weighted by atomic mass is 9.59. The molecule has 1 aromatic heterocycles. The number of sulfonamides is 1. The number of aromatic nitrogens is 2. The van der Waals surface area contributed by atoms with Gasteiger partial charge in [-0.1, -0.05) is 38.1 Å². The summed E-state index contributed by atoms with van der Waals surface area (Å²) in [4.78, 5) is 28.2. The van der Waals surface area contributed by atoms with Gasteiger partial charge in [0.1, 0.15) is 6.61 Å². The first-order chi connectivity index (χ1) is 22.5. The second-order valence-corrected chi connectivity index (χ2v) is 16.1. The van der Waals surface area contributed by atoms with E-state index >= 15 is 0 Å². The number of benzene rings is 2. The summed E-state index contributed by atoms with van der Waals surface area (Å²) in [6, 6.07) is 14.4. The maximum atomic E-state index is 14.5. The van der Waals surface area contributed by atoms with Crippen LogP contribution in [-0.2, 0) is 14.8 Å². The quantitative estimate of drug-likeness (QED) is 0.353. The number of piperidine rings is 1. The number of carbonyl (C=O) groups is 1. The second-order valence-electron chi connectivity index (χ2n) is 14.4. The Kier molecular flexibility index (Phi) is 9.79. The molecular formula is C36H46ClN5O5S. The van der Waals surface area contributed by atoms with Gasteiger partial charge >= 0.3 is 0 Å². The Morgan fingerprint density at radius 2 is 1.65 bits per heavy atom. The summed E-state index contributed by atoms with van der Waals surface area (Å²) in [7, 11) is -4.11. The second kappa shape index (κ2) is 13.6.